The van der Waals surface area contributed by atoms with Crippen molar-refractivity contribution in [3.05, 3.63) is 35.1 Å². The highest BCUT2D eigenvalue weighted by atomic mass is 19.1. The Morgan fingerprint density at radius 1 is 1.53 bits per heavy atom. The molecule has 1 atom stereocenters. The monoisotopic (exact) mass is 236 g/mol. The third-order valence-electron chi connectivity index (χ3n) is 2.95. The summed E-state index contributed by atoms with van der Waals surface area (Å²) in [6.07, 6.45) is 0.218. The Balaban J connectivity index is 2.29. The van der Waals surface area contributed by atoms with Gasteiger partial charge in [0.25, 0.3) is 0 Å². The second-order valence-corrected chi connectivity index (χ2v) is 4.03. The molecule has 4 heteroatoms. The zero-order valence-electron chi connectivity index (χ0n) is 9.53. The molecule has 0 spiro atoms. The minimum absolute atomic E-state index is 0.108. The largest absolute Gasteiger partial charge is 0.465 e. The van der Waals surface area contributed by atoms with Crippen molar-refractivity contribution in [1.82, 2.24) is 0 Å². The van der Waals surface area contributed by atoms with Crippen LogP contribution in [0.3, 0.4) is 0 Å². The molecule has 0 radical (unpaired) electrons. The first-order chi connectivity index (χ1) is 8.13. The zero-order valence-corrected chi connectivity index (χ0v) is 9.53. The van der Waals surface area contributed by atoms with Crippen LogP contribution in [0.1, 0.15) is 18.1 Å². The molecule has 1 aromatic rings. The van der Waals surface area contributed by atoms with E-state index < -0.39 is 11.9 Å². The van der Waals surface area contributed by atoms with Crippen LogP contribution in [0.15, 0.2) is 18.2 Å². The van der Waals surface area contributed by atoms with E-state index in [1.54, 1.807) is 19.1 Å². The molecule has 0 saturated carbocycles. The van der Waals surface area contributed by atoms with Gasteiger partial charge in [-0.25, -0.2) is 4.39 Å². The van der Waals surface area contributed by atoms with Crippen molar-refractivity contribution < 1.29 is 18.7 Å². The Hall–Kier alpha value is -1.71. The third-order valence-corrected chi connectivity index (χ3v) is 2.95. The zero-order chi connectivity index (χ0) is 12.4. The Morgan fingerprint density at radius 2 is 2.29 bits per heavy atom. The molecule has 1 aliphatic carbocycles. The van der Waals surface area contributed by atoms with Crippen molar-refractivity contribution in [3.8, 4) is 0 Å². The number of carbonyl (C=O) groups is 2. The lowest BCUT2D eigenvalue weighted by Crippen LogP contribution is -2.33. The number of carbonyl (C=O) groups excluding carboxylic acids is 2. The van der Waals surface area contributed by atoms with E-state index in [9.17, 15) is 14.0 Å². The summed E-state index contributed by atoms with van der Waals surface area (Å²) in [5.41, 5.74) is 1.14. The van der Waals surface area contributed by atoms with Gasteiger partial charge in [-0.05, 0) is 30.5 Å². The van der Waals surface area contributed by atoms with Gasteiger partial charge in [0, 0.05) is 6.42 Å². The minimum Gasteiger partial charge on any atom is -0.465 e. The summed E-state index contributed by atoms with van der Waals surface area (Å²) in [4.78, 5) is 23.3. The van der Waals surface area contributed by atoms with Crippen molar-refractivity contribution in [2.45, 2.75) is 19.8 Å². The van der Waals surface area contributed by atoms with E-state index in [2.05, 4.69) is 0 Å². The smallest absolute Gasteiger partial charge is 0.316 e. The van der Waals surface area contributed by atoms with Crippen molar-refractivity contribution in [2.24, 2.45) is 5.92 Å². The lowest BCUT2D eigenvalue weighted by atomic mass is 9.82. The van der Waals surface area contributed by atoms with E-state index in [1.165, 1.54) is 6.07 Å². The van der Waals surface area contributed by atoms with Gasteiger partial charge in [-0.1, -0.05) is 12.1 Å². The van der Waals surface area contributed by atoms with E-state index >= 15 is 0 Å². The summed E-state index contributed by atoms with van der Waals surface area (Å²) < 4.78 is 18.4. The van der Waals surface area contributed by atoms with Gasteiger partial charge in [0.05, 0.1) is 6.61 Å². The SMILES string of the molecule is CCOC(=O)C1Cc2c(F)cccc2CC1=O. The molecule has 0 amide bonds. The molecule has 0 aliphatic heterocycles. The normalized spacial score (nSPS) is 18.7. The standard InChI is InChI=1S/C13H13FO3/c1-2-17-13(16)10-7-9-8(6-12(10)15)4-3-5-11(9)14/h3-5,10H,2,6-7H2,1H3. The number of hydrogen-bond acceptors (Lipinski definition) is 3. The first-order valence-electron chi connectivity index (χ1n) is 5.59. The fourth-order valence-corrected chi connectivity index (χ4v) is 2.08. The molecule has 3 nitrogen and oxygen atoms in total. The molecule has 1 aliphatic rings. The Kier molecular flexibility index (Phi) is 3.22. The van der Waals surface area contributed by atoms with Crippen LogP contribution in [0.25, 0.3) is 0 Å². The number of halogens is 1. The van der Waals surface area contributed by atoms with Gasteiger partial charge in [-0.2, -0.15) is 0 Å². The third kappa shape index (κ3) is 2.20. The second kappa shape index (κ2) is 4.65. The van der Waals surface area contributed by atoms with Crippen LogP contribution in [-0.4, -0.2) is 18.4 Å². The molecule has 17 heavy (non-hydrogen) atoms. The van der Waals surface area contributed by atoms with Gasteiger partial charge in [0.1, 0.15) is 11.7 Å². The van der Waals surface area contributed by atoms with E-state index in [-0.39, 0.29) is 31.0 Å². The van der Waals surface area contributed by atoms with E-state index in [0.717, 1.165) is 0 Å². The maximum absolute atomic E-state index is 13.6. The summed E-state index contributed by atoms with van der Waals surface area (Å²) in [6.45, 7) is 1.91. The molecule has 1 aromatic carbocycles. The molecule has 0 bridgehead atoms. The minimum atomic E-state index is -0.848. The van der Waals surface area contributed by atoms with Crippen LogP contribution in [0.5, 0.6) is 0 Å². The van der Waals surface area contributed by atoms with Gasteiger partial charge in [0.15, 0.2) is 5.78 Å². The Morgan fingerprint density at radius 3 is 3.00 bits per heavy atom. The molecule has 0 aromatic heterocycles. The van der Waals surface area contributed by atoms with E-state index in [1.807, 2.05) is 0 Å². The summed E-state index contributed by atoms with van der Waals surface area (Å²) in [6, 6.07) is 4.64. The number of fused-ring (bicyclic) bond motifs is 1. The predicted molar refractivity (Wildman–Crippen MR) is 58.9 cm³/mol. The maximum Gasteiger partial charge on any atom is 0.316 e. The van der Waals surface area contributed by atoms with Gasteiger partial charge < -0.3 is 4.74 Å². The molecule has 1 unspecified atom stereocenters. The Bertz CT molecular complexity index is 468. The Labute approximate surface area is 98.6 Å². The summed E-state index contributed by atoms with van der Waals surface area (Å²) in [5, 5.41) is 0. The van der Waals surface area contributed by atoms with Crippen LogP contribution in [0.2, 0.25) is 0 Å². The highest BCUT2D eigenvalue weighted by Crippen LogP contribution is 2.26. The number of esters is 1. The molecule has 90 valence electrons. The molecule has 0 heterocycles. The number of ether oxygens (including phenoxy) is 1. The van der Waals surface area contributed by atoms with E-state index in [0.29, 0.717) is 11.1 Å². The lowest BCUT2D eigenvalue weighted by molar-refractivity contribution is -0.151. The molecular formula is C13H13FO3. The van der Waals surface area contributed by atoms with Gasteiger partial charge in [0.2, 0.25) is 0 Å². The predicted octanol–water partition coefficient (Wildman–Crippen LogP) is 1.67. The first kappa shape index (κ1) is 11.8. The molecule has 2 rings (SSSR count). The highest BCUT2D eigenvalue weighted by Gasteiger charge is 2.34. The van der Waals surface area contributed by atoms with Gasteiger partial charge in [-0.15, -0.1) is 0 Å². The number of rotatable bonds is 2. The fraction of sp³-hybridized carbons (Fsp3) is 0.385. The van der Waals surface area contributed by atoms with Crippen molar-refractivity contribution >= 4 is 11.8 Å². The average Bonchev–Trinajstić information content (AvgIpc) is 2.29. The van der Waals surface area contributed by atoms with Gasteiger partial charge in [-0.3, -0.25) is 9.59 Å². The van der Waals surface area contributed by atoms with Crippen LogP contribution >= 0.6 is 0 Å². The number of hydrogen-bond donors (Lipinski definition) is 0. The fourth-order valence-electron chi connectivity index (χ4n) is 2.08. The van der Waals surface area contributed by atoms with E-state index in [4.69, 9.17) is 4.74 Å². The molecule has 0 saturated heterocycles. The number of ketones is 1. The van der Waals surface area contributed by atoms with Crippen molar-refractivity contribution in [1.29, 1.82) is 0 Å². The topological polar surface area (TPSA) is 43.4 Å². The van der Waals surface area contributed by atoms with Crippen molar-refractivity contribution in [2.75, 3.05) is 6.61 Å². The lowest BCUT2D eigenvalue weighted by Gasteiger charge is -2.22. The average molecular weight is 236 g/mol. The summed E-state index contributed by atoms with van der Waals surface area (Å²) in [7, 11) is 0. The van der Waals surface area contributed by atoms with Crippen LogP contribution < -0.4 is 0 Å². The van der Waals surface area contributed by atoms with Crippen molar-refractivity contribution in [3.63, 3.8) is 0 Å². The van der Waals surface area contributed by atoms with Crippen LogP contribution in [0.4, 0.5) is 4.39 Å². The molecule has 0 fully saturated rings. The molecular weight excluding hydrogens is 223 g/mol. The van der Waals surface area contributed by atoms with Gasteiger partial charge >= 0.3 is 5.97 Å². The summed E-state index contributed by atoms with van der Waals surface area (Å²) in [5.74, 6) is -1.95. The maximum atomic E-state index is 13.6. The quantitative estimate of drug-likeness (QED) is 0.579. The summed E-state index contributed by atoms with van der Waals surface area (Å²) >= 11 is 0. The molecule has 0 N–H and O–H groups in total. The highest BCUT2D eigenvalue weighted by molar-refractivity contribution is 6.01. The second-order valence-electron chi connectivity index (χ2n) is 4.03. The first-order valence-corrected chi connectivity index (χ1v) is 5.59. The van der Waals surface area contributed by atoms with Crippen LogP contribution in [0, 0.1) is 11.7 Å². The van der Waals surface area contributed by atoms with Crippen LogP contribution in [-0.2, 0) is 27.2 Å². The number of benzene rings is 1. The number of Topliss-reactive ketones (excluding diaryl/α,β-unsaturated/α-hetero) is 1.